The zero-order valence-electron chi connectivity index (χ0n) is 20.5. The molecular formula is C28H13F3N8O. The van der Waals surface area contributed by atoms with E-state index >= 15 is 0 Å². The molecule has 0 saturated carbocycles. The number of hydrogen-bond acceptors (Lipinski definition) is 7. The van der Waals surface area contributed by atoms with Crippen LogP contribution in [0.1, 0.15) is 18.1 Å². The zero-order chi connectivity index (χ0) is 28.6. The summed E-state index contributed by atoms with van der Waals surface area (Å²) in [6.07, 6.45) is 3.09. The number of aromatic nitrogens is 4. The zero-order valence-corrected chi connectivity index (χ0v) is 20.5. The molecule has 0 fully saturated rings. The third-order valence-electron chi connectivity index (χ3n) is 6.67. The van der Waals surface area contributed by atoms with E-state index in [2.05, 4.69) is 34.4 Å². The maximum Gasteiger partial charge on any atom is 0.573 e. The first-order valence-electron chi connectivity index (χ1n) is 11.5. The second-order valence-corrected chi connectivity index (χ2v) is 8.67. The maximum absolute atomic E-state index is 13.8. The molecule has 0 aliphatic heterocycles. The molecule has 0 unspecified atom stereocenters. The molecule has 3 aromatic rings. The molecule has 0 saturated heterocycles. The number of allylic oxidation sites excluding steroid dienone is 2. The van der Waals surface area contributed by atoms with Crippen LogP contribution < -0.4 is 10.4 Å². The smallest absolute Gasteiger partial charge is 0.405 e. The third-order valence-corrected chi connectivity index (χ3v) is 6.67. The highest BCUT2D eigenvalue weighted by Gasteiger charge is 2.40. The number of nitriles is 2. The summed E-state index contributed by atoms with van der Waals surface area (Å²) in [5.41, 5.74) is 2.72. The lowest BCUT2D eigenvalue weighted by atomic mass is 9.88. The first-order chi connectivity index (χ1) is 19.2. The average Bonchev–Trinajstić information content (AvgIpc) is 3.47. The summed E-state index contributed by atoms with van der Waals surface area (Å²) in [7, 11) is 0. The first kappa shape index (κ1) is 25.8. The molecule has 2 aromatic heterocycles. The Balaban J connectivity index is 2.12. The van der Waals surface area contributed by atoms with Crippen molar-refractivity contribution in [3.63, 3.8) is 0 Å². The number of fused-ring (bicyclic) bond motifs is 2. The van der Waals surface area contributed by atoms with E-state index in [-0.39, 0.29) is 29.5 Å². The monoisotopic (exact) mass is 534 g/mol. The minimum absolute atomic E-state index is 0.0175. The normalized spacial score (nSPS) is 13.5. The molecule has 9 nitrogen and oxygen atoms in total. The van der Waals surface area contributed by atoms with Crippen molar-refractivity contribution in [2.45, 2.75) is 26.1 Å². The SMILES string of the molecule is [C-]#[N+]C([N+]#[C-])=C1Cc2c(-c3cncnc3)c3c(c(-c4cncnc4)c2=C1C)CC(=C(C#N)C#N)C=3OC(F)(F)F. The fourth-order valence-corrected chi connectivity index (χ4v) is 5.23. The van der Waals surface area contributed by atoms with Crippen LogP contribution >= 0.6 is 0 Å². The van der Waals surface area contributed by atoms with Gasteiger partial charge in [0.15, 0.2) is 0 Å². The van der Waals surface area contributed by atoms with Crippen molar-refractivity contribution < 1.29 is 17.9 Å². The van der Waals surface area contributed by atoms with Crippen LogP contribution in [0.4, 0.5) is 13.2 Å². The number of benzene rings is 1. The van der Waals surface area contributed by atoms with Gasteiger partial charge in [0, 0.05) is 58.7 Å². The van der Waals surface area contributed by atoms with Crippen molar-refractivity contribution in [3.8, 4) is 34.4 Å². The van der Waals surface area contributed by atoms with Gasteiger partial charge in [0.05, 0.1) is 5.57 Å². The standard InChI is InChI=1S/C28H13F3N8O/c1-14-18(27(34-2)35-3)4-20-22(14)23(16-8-36-12-37-9-16)21-5-19(15(6-32)7-33)26(40-28(29,30)31)25(21)24(20)17-10-38-13-39-11-17/h8-13H,4-5H2,1H3. The highest BCUT2D eigenvalue weighted by Crippen LogP contribution is 2.40. The lowest BCUT2D eigenvalue weighted by molar-refractivity contribution is -0.290. The Bertz CT molecular complexity index is 1920. The van der Waals surface area contributed by atoms with E-state index in [9.17, 15) is 23.7 Å². The van der Waals surface area contributed by atoms with Crippen molar-refractivity contribution in [2.75, 3.05) is 0 Å². The van der Waals surface area contributed by atoms with E-state index in [4.69, 9.17) is 13.1 Å². The van der Waals surface area contributed by atoms with Gasteiger partial charge in [-0.15, -0.1) is 13.2 Å². The van der Waals surface area contributed by atoms with Gasteiger partial charge in [-0.3, -0.25) is 0 Å². The van der Waals surface area contributed by atoms with Crippen molar-refractivity contribution >= 4 is 11.3 Å². The second kappa shape index (κ2) is 9.79. The van der Waals surface area contributed by atoms with Gasteiger partial charge in [-0.2, -0.15) is 20.2 Å². The summed E-state index contributed by atoms with van der Waals surface area (Å²) in [6.45, 7) is 16.8. The van der Waals surface area contributed by atoms with Crippen molar-refractivity contribution in [1.82, 2.24) is 19.9 Å². The highest BCUT2D eigenvalue weighted by molar-refractivity contribution is 5.90. The summed E-state index contributed by atoms with van der Waals surface area (Å²) in [5.74, 6) is -0.835. The van der Waals surface area contributed by atoms with Gasteiger partial charge in [0.25, 0.3) is 0 Å². The van der Waals surface area contributed by atoms with E-state index in [1.165, 1.54) is 37.4 Å². The van der Waals surface area contributed by atoms with E-state index in [0.717, 1.165) is 0 Å². The summed E-state index contributed by atoms with van der Waals surface area (Å²) in [4.78, 5) is 23.0. The molecule has 0 bridgehead atoms. The molecule has 0 atom stereocenters. The topological polar surface area (TPSA) is 117 Å². The van der Waals surface area contributed by atoms with Crippen LogP contribution in [0.5, 0.6) is 0 Å². The molecule has 2 aliphatic carbocycles. The van der Waals surface area contributed by atoms with Crippen LogP contribution in [0.25, 0.3) is 43.3 Å². The molecule has 2 aliphatic rings. The van der Waals surface area contributed by atoms with Gasteiger partial charge in [-0.05, 0) is 40.8 Å². The van der Waals surface area contributed by atoms with Crippen molar-refractivity contribution in [1.29, 1.82) is 10.5 Å². The van der Waals surface area contributed by atoms with Gasteiger partial charge in [0.1, 0.15) is 49.3 Å². The van der Waals surface area contributed by atoms with Crippen LogP contribution in [0, 0.1) is 35.8 Å². The Morgan fingerprint density at radius 2 is 1.32 bits per heavy atom. The molecule has 5 rings (SSSR count). The molecule has 12 heteroatoms. The fourth-order valence-electron chi connectivity index (χ4n) is 5.23. The summed E-state index contributed by atoms with van der Waals surface area (Å²) < 4.78 is 46.1. The lowest BCUT2D eigenvalue weighted by Crippen LogP contribution is -2.26. The van der Waals surface area contributed by atoms with E-state index in [1.807, 2.05) is 0 Å². The van der Waals surface area contributed by atoms with Crippen LogP contribution in [-0.4, -0.2) is 26.3 Å². The molecule has 0 spiro atoms. The molecule has 0 amide bonds. The van der Waals surface area contributed by atoms with Crippen LogP contribution in [0.3, 0.4) is 0 Å². The lowest BCUT2D eigenvalue weighted by Gasteiger charge is -2.16. The predicted octanol–water partition coefficient (Wildman–Crippen LogP) is 3.92. The fraction of sp³-hybridized carbons (Fsp3) is 0.143. The molecule has 192 valence electrons. The van der Waals surface area contributed by atoms with Gasteiger partial charge < -0.3 is 4.74 Å². The van der Waals surface area contributed by atoms with Gasteiger partial charge in [-0.25, -0.2) is 19.9 Å². The van der Waals surface area contributed by atoms with E-state index in [0.29, 0.717) is 49.7 Å². The number of hydrogen-bond donors (Lipinski definition) is 0. The van der Waals surface area contributed by atoms with Crippen LogP contribution in [-0.2, 0) is 17.6 Å². The number of alkyl halides is 3. The summed E-state index contributed by atoms with van der Waals surface area (Å²) >= 11 is 0. The molecule has 1 aromatic carbocycles. The summed E-state index contributed by atoms with van der Waals surface area (Å²) in [5, 5.41) is 19.9. The van der Waals surface area contributed by atoms with Crippen molar-refractivity contribution in [2.24, 2.45) is 0 Å². The first-order valence-corrected chi connectivity index (χ1v) is 11.5. The molecule has 2 heterocycles. The van der Waals surface area contributed by atoms with E-state index < -0.39 is 17.7 Å². The Labute approximate surface area is 224 Å². The van der Waals surface area contributed by atoms with E-state index in [1.54, 1.807) is 19.1 Å². The average molecular weight is 534 g/mol. The maximum atomic E-state index is 13.8. The number of nitrogens with zero attached hydrogens (tertiary/aromatic N) is 8. The highest BCUT2D eigenvalue weighted by atomic mass is 19.4. The number of ether oxygens (including phenoxy) is 1. The minimum Gasteiger partial charge on any atom is -0.405 e. The Morgan fingerprint density at radius 1 is 0.850 bits per heavy atom. The van der Waals surface area contributed by atoms with Crippen LogP contribution in [0.2, 0.25) is 0 Å². The quantitative estimate of drug-likeness (QED) is 0.369. The molecule has 0 radical (unpaired) electrons. The van der Waals surface area contributed by atoms with Gasteiger partial charge >= 0.3 is 12.2 Å². The van der Waals surface area contributed by atoms with Gasteiger partial charge in [0.2, 0.25) is 0 Å². The Morgan fingerprint density at radius 3 is 1.80 bits per heavy atom. The molecular weight excluding hydrogens is 521 g/mol. The Kier molecular flexibility index (Phi) is 6.31. The summed E-state index contributed by atoms with van der Waals surface area (Å²) in [6, 6.07) is 3.38. The minimum atomic E-state index is -5.15. The van der Waals surface area contributed by atoms with Crippen molar-refractivity contribution in [3.05, 3.63) is 104 Å². The third kappa shape index (κ3) is 4.11. The Hall–Kier alpha value is -5.85. The number of rotatable bonds is 3. The predicted molar refractivity (Wildman–Crippen MR) is 133 cm³/mol. The largest absolute Gasteiger partial charge is 0.573 e. The molecule has 40 heavy (non-hydrogen) atoms. The second-order valence-electron chi connectivity index (χ2n) is 8.67. The van der Waals surface area contributed by atoms with Gasteiger partial charge in [-0.1, -0.05) is 0 Å². The molecule has 0 N–H and O–H groups in total. The van der Waals surface area contributed by atoms with Crippen LogP contribution in [0.15, 0.2) is 60.0 Å². The number of halogens is 3.